The van der Waals surface area contributed by atoms with Crippen molar-refractivity contribution < 1.29 is 13.5 Å². The van der Waals surface area contributed by atoms with Crippen LogP contribution < -0.4 is 10.3 Å². The Bertz CT molecular complexity index is 1140. The third-order valence-electron chi connectivity index (χ3n) is 4.97. The van der Waals surface area contributed by atoms with E-state index in [9.17, 15) is 13.6 Å². The first kappa shape index (κ1) is 18.8. The molecule has 0 saturated carbocycles. The second kappa shape index (κ2) is 7.13. The Kier molecular flexibility index (Phi) is 4.79. The molecule has 1 aromatic carbocycles. The molecule has 1 aliphatic rings. The monoisotopic (exact) mass is 402 g/mol. The van der Waals surface area contributed by atoms with Crippen molar-refractivity contribution in [3.63, 3.8) is 0 Å². The van der Waals surface area contributed by atoms with Gasteiger partial charge in [0.2, 0.25) is 0 Å². The number of benzene rings is 1. The highest BCUT2D eigenvalue weighted by atomic mass is 32.1. The number of nitrogens with zero attached hydrogens (tertiary/aromatic N) is 2. The number of ether oxygens (including phenoxy) is 1. The first-order chi connectivity index (χ1) is 13.4. The molecule has 7 heteroatoms. The SMILES string of the molecule is CCc1cc2c(=O)n3c(nc2s1)/C(=C/c1cc(C)c(OC(F)F)c(C)c1)CC3. The Labute approximate surface area is 165 Å². The van der Waals surface area contributed by atoms with Gasteiger partial charge in [0.15, 0.2) is 0 Å². The fourth-order valence-corrected chi connectivity index (χ4v) is 4.67. The summed E-state index contributed by atoms with van der Waals surface area (Å²) in [5.41, 5.74) is 3.17. The largest absolute Gasteiger partial charge is 0.434 e. The Morgan fingerprint density at radius 2 is 2.00 bits per heavy atom. The average molecular weight is 402 g/mol. The molecule has 0 spiro atoms. The van der Waals surface area contributed by atoms with Crippen molar-refractivity contribution in [3.05, 3.63) is 55.9 Å². The molecule has 0 aliphatic carbocycles. The van der Waals surface area contributed by atoms with E-state index >= 15 is 0 Å². The van der Waals surface area contributed by atoms with Gasteiger partial charge in [-0.2, -0.15) is 8.78 Å². The van der Waals surface area contributed by atoms with Crippen LogP contribution in [0.25, 0.3) is 21.9 Å². The molecule has 4 rings (SSSR count). The summed E-state index contributed by atoms with van der Waals surface area (Å²) in [6.07, 6.45) is 3.58. The molecule has 0 fully saturated rings. The van der Waals surface area contributed by atoms with Gasteiger partial charge in [-0.15, -0.1) is 11.3 Å². The normalized spacial score (nSPS) is 15.0. The van der Waals surface area contributed by atoms with Crippen LogP contribution in [0.3, 0.4) is 0 Å². The minimum atomic E-state index is -2.85. The maximum absolute atomic E-state index is 12.8. The number of fused-ring (bicyclic) bond motifs is 2. The summed E-state index contributed by atoms with van der Waals surface area (Å²) in [4.78, 5) is 19.5. The van der Waals surface area contributed by atoms with Crippen LogP contribution in [-0.4, -0.2) is 16.2 Å². The van der Waals surface area contributed by atoms with Crippen molar-refractivity contribution in [3.8, 4) is 5.75 Å². The number of aromatic nitrogens is 2. The van der Waals surface area contributed by atoms with Crippen molar-refractivity contribution in [1.29, 1.82) is 0 Å². The molecule has 0 amide bonds. The molecule has 3 heterocycles. The molecule has 28 heavy (non-hydrogen) atoms. The number of alkyl halides is 2. The van der Waals surface area contributed by atoms with Crippen molar-refractivity contribution in [2.75, 3.05) is 0 Å². The molecule has 0 atom stereocenters. The zero-order valence-electron chi connectivity index (χ0n) is 15.9. The van der Waals surface area contributed by atoms with Crippen LogP contribution >= 0.6 is 11.3 Å². The molecule has 0 radical (unpaired) electrons. The summed E-state index contributed by atoms with van der Waals surface area (Å²) in [6.45, 7) is 3.32. The Balaban J connectivity index is 1.78. The maximum atomic E-state index is 12.8. The van der Waals surface area contributed by atoms with E-state index in [4.69, 9.17) is 4.98 Å². The summed E-state index contributed by atoms with van der Waals surface area (Å²) in [5, 5.41) is 0.687. The smallest absolute Gasteiger partial charge is 0.387 e. The number of aryl methyl sites for hydroxylation is 3. The minimum absolute atomic E-state index is 0.00684. The molecule has 2 aromatic heterocycles. The molecule has 0 unspecified atom stereocenters. The van der Waals surface area contributed by atoms with Crippen molar-refractivity contribution in [2.45, 2.75) is 46.8 Å². The lowest BCUT2D eigenvalue weighted by Crippen LogP contribution is -2.19. The van der Waals surface area contributed by atoms with Crippen molar-refractivity contribution >= 4 is 33.2 Å². The topological polar surface area (TPSA) is 44.1 Å². The Morgan fingerprint density at radius 3 is 2.64 bits per heavy atom. The average Bonchev–Trinajstić information content (AvgIpc) is 3.23. The van der Waals surface area contributed by atoms with E-state index in [1.807, 2.05) is 24.3 Å². The van der Waals surface area contributed by atoms with Gasteiger partial charge in [0.25, 0.3) is 5.56 Å². The first-order valence-corrected chi connectivity index (χ1v) is 9.99. The fraction of sp³-hybridized carbons (Fsp3) is 0.333. The van der Waals surface area contributed by atoms with Gasteiger partial charge in [-0.1, -0.05) is 6.92 Å². The highest BCUT2D eigenvalue weighted by Crippen LogP contribution is 2.32. The van der Waals surface area contributed by atoms with Crippen LogP contribution in [-0.2, 0) is 13.0 Å². The highest BCUT2D eigenvalue weighted by Gasteiger charge is 2.22. The van der Waals surface area contributed by atoms with Gasteiger partial charge in [-0.05, 0) is 73.2 Å². The number of hydrogen-bond acceptors (Lipinski definition) is 4. The van der Waals surface area contributed by atoms with Gasteiger partial charge in [-0.3, -0.25) is 9.36 Å². The molecule has 4 nitrogen and oxygen atoms in total. The summed E-state index contributed by atoms with van der Waals surface area (Å²) >= 11 is 1.56. The molecular weight excluding hydrogens is 382 g/mol. The third-order valence-corrected chi connectivity index (χ3v) is 6.15. The predicted molar refractivity (Wildman–Crippen MR) is 108 cm³/mol. The lowest BCUT2D eigenvalue weighted by molar-refractivity contribution is -0.0507. The molecule has 1 aliphatic heterocycles. The molecule has 3 aromatic rings. The third kappa shape index (κ3) is 3.24. The van der Waals surface area contributed by atoms with Crippen LogP contribution in [0.2, 0.25) is 0 Å². The van der Waals surface area contributed by atoms with Crippen molar-refractivity contribution in [2.24, 2.45) is 0 Å². The molecule has 0 N–H and O–H groups in total. The van der Waals surface area contributed by atoms with Gasteiger partial charge >= 0.3 is 6.61 Å². The number of halogens is 2. The van der Waals surface area contributed by atoms with Gasteiger partial charge < -0.3 is 4.74 Å². The summed E-state index contributed by atoms with van der Waals surface area (Å²) in [6, 6.07) is 5.58. The maximum Gasteiger partial charge on any atom is 0.387 e. The van der Waals surface area contributed by atoms with E-state index in [-0.39, 0.29) is 11.3 Å². The second-order valence-electron chi connectivity index (χ2n) is 6.96. The van der Waals surface area contributed by atoms with E-state index in [1.165, 1.54) is 0 Å². The molecule has 0 bridgehead atoms. The zero-order chi connectivity index (χ0) is 20.0. The van der Waals surface area contributed by atoms with Gasteiger partial charge in [0.05, 0.1) is 5.39 Å². The molecule has 146 valence electrons. The number of thiophene rings is 1. The standard InChI is InChI=1S/C21H20F2N2O2S/c1-4-15-10-16-19(28-15)24-18-14(5-6-25(18)20(16)26)9-13-7-11(2)17(12(3)8-13)27-21(22)23/h7-10,21H,4-6H2,1-3H3/b14-9+. The van der Waals surface area contributed by atoms with Crippen LogP contribution in [0.15, 0.2) is 23.0 Å². The molecule has 0 saturated heterocycles. The lowest BCUT2D eigenvalue weighted by atomic mass is 10.0. The number of allylic oxidation sites excluding steroid dienone is 1. The quantitative estimate of drug-likeness (QED) is 0.604. The Hall–Kier alpha value is -2.54. The van der Waals surface area contributed by atoms with E-state index in [0.29, 0.717) is 35.3 Å². The Morgan fingerprint density at radius 1 is 1.29 bits per heavy atom. The van der Waals surface area contributed by atoms with Crippen LogP contribution in [0.4, 0.5) is 8.78 Å². The van der Waals surface area contributed by atoms with Crippen molar-refractivity contribution in [1.82, 2.24) is 9.55 Å². The minimum Gasteiger partial charge on any atom is -0.434 e. The summed E-state index contributed by atoms with van der Waals surface area (Å²) in [7, 11) is 0. The number of hydrogen-bond donors (Lipinski definition) is 0. The van der Waals surface area contributed by atoms with E-state index in [1.54, 1.807) is 29.8 Å². The fourth-order valence-electron chi connectivity index (χ4n) is 3.72. The lowest BCUT2D eigenvalue weighted by Gasteiger charge is -2.12. The van der Waals surface area contributed by atoms with Crippen LogP contribution in [0.5, 0.6) is 5.75 Å². The van der Waals surface area contributed by atoms with Crippen LogP contribution in [0.1, 0.15) is 40.7 Å². The van der Waals surface area contributed by atoms with E-state index in [2.05, 4.69) is 11.7 Å². The number of rotatable bonds is 4. The van der Waals surface area contributed by atoms with E-state index in [0.717, 1.165) is 27.3 Å². The summed E-state index contributed by atoms with van der Waals surface area (Å²) < 4.78 is 31.5. The van der Waals surface area contributed by atoms with Crippen LogP contribution in [0, 0.1) is 13.8 Å². The molecular formula is C21H20F2N2O2S. The van der Waals surface area contributed by atoms with E-state index < -0.39 is 6.61 Å². The van der Waals surface area contributed by atoms with Gasteiger partial charge in [0.1, 0.15) is 16.4 Å². The second-order valence-corrected chi connectivity index (χ2v) is 8.07. The summed E-state index contributed by atoms with van der Waals surface area (Å²) in [5.74, 6) is 0.913. The zero-order valence-corrected chi connectivity index (χ0v) is 16.7. The first-order valence-electron chi connectivity index (χ1n) is 9.17. The highest BCUT2D eigenvalue weighted by molar-refractivity contribution is 7.18. The van der Waals surface area contributed by atoms with Gasteiger partial charge in [0, 0.05) is 11.4 Å². The predicted octanol–water partition coefficient (Wildman–Crippen LogP) is 5.18. The van der Waals surface area contributed by atoms with Gasteiger partial charge in [-0.25, -0.2) is 4.98 Å².